The van der Waals surface area contributed by atoms with Crippen molar-refractivity contribution in [2.24, 2.45) is 11.8 Å². The van der Waals surface area contributed by atoms with Crippen LogP contribution in [0.1, 0.15) is 39.0 Å². The Morgan fingerprint density at radius 1 is 1.32 bits per heavy atom. The van der Waals surface area contributed by atoms with Crippen molar-refractivity contribution in [3.63, 3.8) is 0 Å². The van der Waals surface area contributed by atoms with Gasteiger partial charge in [0, 0.05) is 44.8 Å². The minimum Gasteiger partial charge on any atom is -0.766 e. The Hall–Kier alpha value is -0.930. The first-order chi connectivity index (χ1) is 13.3. The van der Waals surface area contributed by atoms with Gasteiger partial charge in [0.1, 0.15) is 0 Å². The first-order valence-electron chi connectivity index (χ1n) is 9.62. The fourth-order valence-corrected chi connectivity index (χ4v) is 5.31. The van der Waals surface area contributed by atoms with E-state index in [1.165, 1.54) is 16.7 Å². The first kappa shape index (κ1) is 23.3. The number of hydrogen-bond acceptors (Lipinski definition) is 7. The van der Waals surface area contributed by atoms with Gasteiger partial charge >= 0.3 is 0 Å². The lowest BCUT2D eigenvalue weighted by atomic mass is 9.81. The van der Waals surface area contributed by atoms with Crippen LogP contribution in [0, 0.1) is 11.8 Å². The summed E-state index contributed by atoms with van der Waals surface area (Å²) in [7, 11) is -2.94. The summed E-state index contributed by atoms with van der Waals surface area (Å²) in [5.41, 5.74) is 0. The van der Waals surface area contributed by atoms with Gasteiger partial charge in [-0.1, -0.05) is 0 Å². The SMILES string of the molecule is CCNC(=O)C1CCC(CN2C(=O)CC(SCCNP(=O)([O-])OC)C2=O)CC1. The zero-order valence-corrected chi connectivity index (χ0v) is 18.1. The van der Waals surface area contributed by atoms with Crippen molar-refractivity contribution in [1.29, 1.82) is 0 Å². The lowest BCUT2D eigenvalue weighted by Gasteiger charge is -2.30. The maximum absolute atomic E-state index is 12.6. The second kappa shape index (κ2) is 10.7. The molecule has 1 aliphatic heterocycles. The van der Waals surface area contributed by atoms with E-state index < -0.39 is 13.0 Å². The molecule has 9 nitrogen and oxygen atoms in total. The van der Waals surface area contributed by atoms with Crippen LogP contribution >= 0.6 is 19.5 Å². The Kier molecular flexibility index (Phi) is 8.95. The van der Waals surface area contributed by atoms with Gasteiger partial charge in [-0.3, -0.25) is 28.9 Å². The fraction of sp³-hybridized carbons (Fsp3) is 0.824. The molecular weight excluding hydrogens is 405 g/mol. The molecule has 2 N–H and O–H groups in total. The number of likely N-dealkylation sites (tertiary alicyclic amines) is 1. The number of rotatable bonds is 10. The van der Waals surface area contributed by atoms with Gasteiger partial charge in [0.05, 0.1) is 5.25 Å². The maximum Gasteiger partial charge on any atom is 0.242 e. The largest absolute Gasteiger partial charge is 0.766 e. The van der Waals surface area contributed by atoms with Crippen LogP contribution in [-0.2, 0) is 23.5 Å². The monoisotopic (exact) mass is 434 g/mol. The van der Waals surface area contributed by atoms with Gasteiger partial charge in [-0.15, -0.1) is 11.8 Å². The number of amides is 3. The minimum absolute atomic E-state index is 0.0288. The molecule has 1 heterocycles. The van der Waals surface area contributed by atoms with Crippen molar-refractivity contribution in [3.05, 3.63) is 0 Å². The van der Waals surface area contributed by atoms with E-state index in [1.807, 2.05) is 6.92 Å². The molecule has 1 saturated carbocycles. The molecule has 0 aromatic heterocycles. The number of nitrogens with one attached hydrogen (secondary N) is 2. The van der Waals surface area contributed by atoms with Crippen molar-refractivity contribution in [2.45, 2.75) is 44.3 Å². The first-order valence-corrected chi connectivity index (χ1v) is 12.2. The standard InChI is InChI=1S/C17H30N3O6PS/c1-3-18-16(22)13-6-4-12(5-7-13)11-20-15(21)10-14(17(20)23)28-9-8-19-27(24,25)26-2/h12-14H,3-11H2,1-2H3,(H,18,22)(H2,19,24,25)/p-1. The summed E-state index contributed by atoms with van der Waals surface area (Å²) in [4.78, 5) is 49.3. The van der Waals surface area contributed by atoms with Gasteiger partial charge in [-0.2, -0.15) is 0 Å². The zero-order chi connectivity index (χ0) is 20.7. The molecule has 2 fully saturated rings. The highest BCUT2D eigenvalue weighted by molar-refractivity contribution is 8.00. The van der Waals surface area contributed by atoms with E-state index in [-0.39, 0.29) is 42.5 Å². The average Bonchev–Trinajstić information content (AvgIpc) is 2.93. The molecule has 0 aromatic carbocycles. The van der Waals surface area contributed by atoms with E-state index in [0.29, 0.717) is 18.8 Å². The summed E-state index contributed by atoms with van der Waals surface area (Å²) >= 11 is 1.28. The molecule has 11 heteroatoms. The van der Waals surface area contributed by atoms with Crippen LogP contribution in [0.15, 0.2) is 0 Å². The Bertz CT molecular complexity index is 626. The highest BCUT2D eigenvalue weighted by Crippen LogP contribution is 2.33. The Balaban J connectivity index is 1.75. The number of thioether (sulfide) groups is 1. The van der Waals surface area contributed by atoms with Crippen LogP contribution in [0.25, 0.3) is 0 Å². The zero-order valence-electron chi connectivity index (χ0n) is 16.3. The summed E-state index contributed by atoms with van der Waals surface area (Å²) in [6, 6.07) is 0. The van der Waals surface area contributed by atoms with E-state index >= 15 is 0 Å². The molecular formula is C17H29N3O6PS-. The number of hydrogen-bond donors (Lipinski definition) is 2. The topological polar surface area (TPSA) is 128 Å². The summed E-state index contributed by atoms with van der Waals surface area (Å²) in [6.07, 6.45) is 3.38. The molecule has 2 aliphatic rings. The molecule has 2 unspecified atom stereocenters. The van der Waals surface area contributed by atoms with Crippen molar-refractivity contribution in [3.8, 4) is 0 Å². The molecule has 160 valence electrons. The van der Waals surface area contributed by atoms with E-state index in [0.717, 1.165) is 32.8 Å². The van der Waals surface area contributed by atoms with Crippen molar-refractivity contribution in [2.75, 3.05) is 32.5 Å². The van der Waals surface area contributed by atoms with Crippen molar-refractivity contribution in [1.82, 2.24) is 15.3 Å². The summed E-state index contributed by atoms with van der Waals surface area (Å²) in [6.45, 7) is 3.08. The van der Waals surface area contributed by atoms with Gasteiger partial charge in [-0.25, -0.2) is 0 Å². The average molecular weight is 434 g/mol. The van der Waals surface area contributed by atoms with Gasteiger partial charge < -0.3 is 14.7 Å². The molecule has 1 aliphatic carbocycles. The number of imide groups is 1. The maximum atomic E-state index is 12.6. The van der Waals surface area contributed by atoms with Gasteiger partial charge in [-0.05, 0) is 38.5 Å². The predicted octanol–water partition coefficient (Wildman–Crippen LogP) is 0.494. The van der Waals surface area contributed by atoms with Crippen LogP contribution in [0.3, 0.4) is 0 Å². The third-order valence-electron chi connectivity index (χ3n) is 5.18. The lowest BCUT2D eigenvalue weighted by molar-refractivity contribution is -0.199. The molecule has 2 rings (SSSR count). The van der Waals surface area contributed by atoms with Crippen LogP contribution in [0.4, 0.5) is 0 Å². The second-order valence-electron chi connectivity index (χ2n) is 7.11. The normalized spacial score (nSPS) is 27.7. The Morgan fingerprint density at radius 2 is 2.00 bits per heavy atom. The highest BCUT2D eigenvalue weighted by atomic mass is 32.2. The van der Waals surface area contributed by atoms with Crippen LogP contribution in [0.2, 0.25) is 0 Å². The van der Waals surface area contributed by atoms with E-state index in [4.69, 9.17) is 0 Å². The quantitative estimate of drug-likeness (QED) is 0.289. The molecule has 0 spiro atoms. The molecule has 2 atom stereocenters. The van der Waals surface area contributed by atoms with E-state index in [1.54, 1.807) is 0 Å². The molecule has 3 amide bonds. The highest BCUT2D eigenvalue weighted by Gasteiger charge is 2.40. The minimum atomic E-state index is -4.02. The van der Waals surface area contributed by atoms with Crippen LogP contribution < -0.4 is 15.3 Å². The smallest absolute Gasteiger partial charge is 0.242 e. The van der Waals surface area contributed by atoms with Crippen LogP contribution in [-0.4, -0.2) is 60.4 Å². The third-order valence-corrected chi connectivity index (χ3v) is 7.48. The lowest BCUT2D eigenvalue weighted by Crippen LogP contribution is -2.39. The van der Waals surface area contributed by atoms with Crippen molar-refractivity contribution < 1.29 is 28.4 Å². The van der Waals surface area contributed by atoms with E-state index in [9.17, 15) is 23.8 Å². The van der Waals surface area contributed by atoms with Crippen molar-refractivity contribution >= 4 is 37.2 Å². The van der Waals surface area contributed by atoms with E-state index in [2.05, 4.69) is 14.9 Å². The molecule has 0 radical (unpaired) electrons. The Labute approximate surface area is 169 Å². The third kappa shape index (κ3) is 6.56. The summed E-state index contributed by atoms with van der Waals surface area (Å²) in [5, 5.41) is 4.66. The number of carbonyl (C=O) groups excluding carboxylic acids is 3. The second-order valence-corrected chi connectivity index (χ2v) is 10.1. The van der Waals surface area contributed by atoms with Gasteiger partial charge in [0.2, 0.25) is 25.5 Å². The number of nitrogens with zero attached hydrogens (tertiary/aromatic N) is 1. The molecule has 28 heavy (non-hydrogen) atoms. The Morgan fingerprint density at radius 3 is 2.61 bits per heavy atom. The summed E-state index contributed by atoms with van der Waals surface area (Å²) < 4.78 is 15.5. The molecule has 0 bridgehead atoms. The number of carbonyl (C=O) groups is 3. The summed E-state index contributed by atoms with van der Waals surface area (Å²) in [5.74, 6) is 0.365. The molecule has 1 saturated heterocycles. The van der Waals surface area contributed by atoms with Gasteiger partial charge in [0.15, 0.2) is 0 Å². The fourth-order valence-electron chi connectivity index (χ4n) is 3.61. The molecule has 0 aromatic rings. The predicted molar refractivity (Wildman–Crippen MR) is 104 cm³/mol. The van der Waals surface area contributed by atoms with Crippen LogP contribution in [0.5, 0.6) is 0 Å². The van der Waals surface area contributed by atoms with Gasteiger partial charge in [0.25, 0.3) is 0 Å².